The summed E-state index contributed by atoms with van der Waals surface area (Å²) in [5.74, 6) is -0.463. The molecular formula is C13H20N2O2S. The second-order valence-electron chi connectivity index (χ2n) is 5.18. The zero-order valence-corrected chi connectivity index (χ0v) is 12.1. The average molecular weight is 268 g/mol. The summed E-state index contributed by atoms with van der Waals surface area (Å²) in [4.78, 5) is 24.3. The number of nitrogens with one attached hydrogen (secondary N) is 1. The fraction of sp³-hybridized carbons (Fsp3) is 0.538. The molecule has 0 fully saturated rings. The number of amides is 2. The SMILES string of the molecule is Cc1ccsc1C(=O)N[C@@](C)(CC(C)C)C(N)=O. The van der Waals surface area contributed by atoms with Gasteiger partial charge in [0, 0.05) is 0 Å². The first-order chi connectivity index (χ1) is 8.26. The fourth-order valence-corrected chi connectivity index (χ4v) is 2.76. The van der Waals surface area contributed by atoms with Crippen molar-refractivity contribution < 1.29 is 9.59 Å². The molecule has 5 heteroatoms. The highest BCUT2D eigenvalue weighted by molar-refractivity contribution is 7.12. The molecule has 2 amide bonds. The van der Waals surface area contributed by atoms with Crippen LogP contribution in [-0.2, 0) is 4.79 Å². The van der Waals surface area contributed by atoms with Gasteiger partial charge >= 0.3 is 0 Å². The molecule has 4 nitrogen and oxygen atoms in total. The molecule has 1 heterocycles. The van der Waals surface area contributed by atoms with Crippen molar-refractivity contribution in [3.8, 4) is 0 Å². The molecule has 1 aromatic heterocycles. The monoisotopic (exact) mass is 268 g/mol. The lowest BCUT2D eigenvalue weighted by atomic mass is 9.90. The van der Waals surface area contributed by atoms with Gasteiger partial charge in [0.2, 0.25) is 5.91 Å². The first kappa shape index (κ1) is 14.7. The van der Waals surface area contributed by atoms with E-state index in [9.17, 15) is 9.59 Å². The Kier molecular flexibility index (Phi) is 4.51. The largest absolute Gasteiger partial charge is 0.368 e. The second kappa shape index (κ2) is 5.52. The Bertz CT molecular complexity index is 454. The summed E-state index contributed by atoms with van der Waals surface area (Å²) in [6.45, 7) is 7.53. The zero-order chi connectivity index (χ0) is 13.9. The number of carbonyl (C=O) groups excluding carboxylic acids is 2. The summed E-state index contributed by atoms with van der Waals surface area (Å²) in [5, 5.41) is 4.62. The van der Waals surface area contributed by atoms with E-state index in [2.05, 4.69) is 5.32 Å². The molecule has 0 aromatic carbocycles. The molecule has 0 aliphatic rings. The predicted octanol–water partition coefficient (Wildman–Crippen LogP) is 2.08. The van der Waals surface area contributed by atoms with Gasteiger partial charge in [-0.2, -0.15) is 0 Å². The van der Waals surface area contributed by atoms with Crippen LogP contribution in [0.25, 0.3) is 0 Å². The van der Waals surface area contributed by atoms with E-state index in [4.69, 9.17) is 5.73 Å². The van der Waals surface area contributed by atoms with E-state index in [0.717, 1.165) is 5.56 Å². The van der Waals surface area contributed by atoms with Crippen LogP contribution < -0.4 is 11.1 Å². The van der Waals surface area contributed by atoms with Crippen molar-refractivity contribution in [1.82, 2.24) is 5.32 Å². The summed E-state index contributed by atoms with van der Waals surface area (Å²) in [6.07, 6.45) is 0.526. The molecule has 0 spiro atoms. The number of primary amides is 1. The molecule has 0 bridgehead atoms. The molecule has 0 saturated carbocycles. The Hall–Kier alpha value is -1.36. The molecule has 3 N–H and O–H groups in total. The van der Waals surface area contributed by atoms with Crippen molar-refractivity contribution in [2.24, 2.45) is 11.7 Å². The number of carbonyl (C=O) groups is 2. The summed E-state index contributed by atoms with van der Waals surface area (Å²) in [6, 6.07) is 1.88. The zero-order valence-electron chi connectivity index (χ0n) is 11.2. The van der Waals surface area contributed by atoms with Crippen LogP contribution in [0.15, 0.2) is 11.4 Å². The molecule has 0 aliphatic carbocycles. The van der Waals surface area contributed by atoms with Gasteiger partial charge in [0.05, 0.1) is 4.88 Å². The Morgan fingerprint density at radius 3 is 2.50 bits per heavy atom. The van der Waals surface area contributed by atoms with E-state index in [-0.39, 0.29) is 11.8 Å². The molecule has 18 heavy (non-hydrogen) atoms. The van der Waals surface area contributed by atoms with Gasteiger partial charge in [-0.15, -0.1) is 11.3 Å². The van der Waals surface area contributed by atoms with Crippen LogP contribution in [0.3, 0.4) is 0 Å². The van der Waals surface area contributed by atoms with Crippen LogP contribution in [0.5, 0.6) is 0 Å². The molecule has 0 unspecified atom stereocenters. The molecule has 1 rings (SSSR count). The molecule has 1 atom stereocenters. The van der Waals surface area contributed by atoms with Crippen LogP contribution in [0.2, 0.25) is 0 Å². The van der Waals surface area contributed by atoms with Crippen LogP contribution in [0.4, 0.5) is 0 Å². The maximum absolute atomic E-state index is 12.1. The highest BCUT2D eigenvalue weighted by Crippen LogP contribution is 2.20. The first-order valence-corrected chi connectivity index (χ1v) is 6.80. The third-order valence-electron chi connectivity index (χ3n) is 2.82. The van der Waals surface area contributed by atoms with Gasteiger partial charge in [-0.05, 0) is 43.2 Å². The van der Waals surface area contributed by atoms with E-state index in [1.54, 1.807) is 6.92 Å². The van der Waals surface area contributed by atoms with Crippen LogP contribution in [0, 0.1) is 12.8 Å². The van der Waals surface area contributed by atoms with Gasteiger partial charge in [-0.3, -0.25) is 9.59 Å². The Balaban J connectivity index is 2.89. The summed E-state index contributed by atoms with van der Waals surface area (Å²) < 4.78 is 0. The van der Waals surface area contributed by atoms with E-state index in [1.807, 2.05) is 32.2 Å². The van der Waals surface area contributed by atoms with Crippen molar-refractivity contribution in [2.45, 2.75) is 39.7 Å². The number of hydrogen-bond donors (Lipinski definition) is 2. The Morgan fingerprint density at radius 1 is 1.50 bits per heavy atom. The van der Waals surface area contributed by atoms with Crippen molar-refractivity contribution in [1.29, 1.82) is 0 Å². The lowest BCUT2D eigenvalue weighted by Gasteiger charge is -2.29. The van der Waals surface area contributed by atoms with Gasteiger partial charge in [0.15, 0.2) is 0 Å². The molecule has 0 radical (unpaired) electrons. The predicted molar refractivity (Wildman–Crippen MR) is 73.6 cm³/mol. The highest BCUT2D eigenvalue weighted by atomic mass is 32.1. The number of thiophene rings is 1. The van der Waals surface area contributed by atoms with Gasteiger partial charge in [0.25, 0.3) is 5.91 Å². The van der Waals surface area contributed by atoms with E-state index in [0.29, 0.717) is 11.3 Å². The highest BCUT2D eigenvalue weighted by Gasteiger charge is 2.34. The van der Waals surface area contributed by atoms with Crippen molar-refractivity contribution in [3.63, 3.8) is 0 Å². The van der Waals surface area contributed by atoms with Crippen molar-refractivity contribution in [2.75, 3.05) is 0 Å². The standard InChI is InChI=1S/C13H20N2O2S/c1-8(2)7-13(4,12(14)17)15-11(16)10-9(3)5-6-18-10/h5-6,8H,7H2,1-4H3,(H2,14,17)(H,15,16)/t13-/m0/s1. The van der Waals surface area contributed by atoms with Gasteiger partial charge < -0.3 is 11.1 Å². The van der Waals surface area contributed by atoms with Gasteiger partial charge in [0.1, 0.15) is 5.54 Å². The van der Waals surface area contributed by atoms with Crippen LogP contribution >= 0.6 is 11.3 Å². The minimum Gasteiger partial charge on any atom is -0.368 e. The Labute approximate surface area is 112 Å². The normalized spacial score (nSPS) is 14.3. The first-order valence-electron chi connectivity index (χ1n) is 5.93. The van der Waals surface area contributed by atoms with Crippen molar-refractivity contribution in [3.05, 3.63) is 21.9 Å². The Morgan fingerprint density at radius 2 is 2.11 bits per heavy atom. The average Bonchev–Trinajstić information content (AvgIpc) is 2.62. The quantitative estimate of drug-likeness (QED) is 0.858. The van der Waals surface area contributed by atoms with E-state index in [1.165, 1.54) is 11.3 Å². The summed E-state index contributed by atoms with van der Waals surface area (Å²) in [7, 11) is 0. The summed E-state index contributed by atoms with van der Waals surface area (Å²) >= 11 is 1.36. The smallest absolute Gasteiger partial charge is 0.262 e. The fourth-order valence-electron chi connectivity index (χ4n) is 1.94. The van der Waals surface area contributed by atoms with Gasteiger partial charge in [-0.1, -0.05) is 13.8 Å². The molecule has 0 aliphatic heterocycles. The number of hydrogen-bond acceptors (Lipinski definition) is 3. The van der Waals surface area contributed by atoms with Crippen molar-refractivity contribution >= 4 is 23.2 Å². The molecule has 1 aromatic rings. The number of nitrogens with two attached hydrogens (primary N) is 1. The third kappa shape index (κ3) is 3.32. The minimum atomic E-state index is -0.998. The molecule has 0 saturated heterocycles. The lowest BCUT2D eigenvalue weighted by Crippen LogP contribution is -2.56. The topological polar surface area (TPSA) is 72.2 Å². The maximum atomic E-state index is 12.1. The summed E-state index contributed by atoms with van der Waals surface area (Å²) in [5.41, 5.74) is 5.32. The number of rotatable bonds is 5. The van der Waals surface area contributed by atoms with Crippen LogP contribution in [-0.4, -0.2) is 17.4 Å². The van der Waals surface area contributed by atoms with Crippen LogP contribution in [0.1, 0.15) is 42.4 Å². The van der Waals surface area contributed by atoms with E-state index >= 15 is 0 Å². The third-order valence-corrected chi connectivity index (χ3v) is 3.83. The van der Waals surface area contributed by atoms with Gasteiger partial charge in [-0.25, -0.2) is 0 Å². The maximum Gasteiger partial charge on any atom is 0.262 e. The molecular weight excluding hydrogens is 248 g/mol. The minimum absolute atomic E-state index is 0.232. The number of aryl methyl sites for hydroxylation is 1. The van der Waals surface area contributed by atoms with E-state index < -0.39 is 11.4 Å². The lowest BCUT2D eigenvalue weighted by molar-refractivity contribution is -0.124. The molecule has 100 valence electrons. The second-order valence-corrected chi connectivity index (χ2v) is 6.10.